The molecule has 0 unspecified atom stereocenters. The average molecular weight is 397 g/mol. The Morgan fingerprint density at radius 1 is 1.16 bits per heavy atom. The van der Waals surface area contributed by atoms with Gasteiger partial charge in [0, 0.05) is 18.9 Å². The smallest absolute Gasteiger partial charge is 0.256 e. The zero-order chi connectivity index (χ0) is 18.0. The predicted molar refractivity (Wildman–Crippen MR) is 97.9 cm³/mol. The molecule has 0 aliphatic carbocycles. The number of nitrogens with zero attached hydrogens (tertiary/aromatic N) is 2. The van der Waals surface area contributed by atoms with Crippen LogP contribution < -0.4 is 5.32 Å². The van der Waals surface area contributed by atoms with Crippen LogP contribution in [-0.2, 0) is 6.54 Å². The number of halogens is 3. The van der Waals surface area contributed by atoms with E-state index in [2.05, 4.69) is 10.4 Å². The maximum absolute atomic E-state index is 12.3. The molecule has 0 aliphatic rings. The van der Waals surface area contributed by atoms with E-state index in [1.54, 1.807) is 10.9 Å². The number of phenolic OH excluding ortho intramolecular Hbond substituents is 1. The van der Waals surface area contributed by atoms with E-state index >= 15 is 0 Å². The summed E-state index contributed by atoms with van der Waals surface area (Å²) >= 11 is 17.7. The highest BCUT2D eigenvalue weighted by atomic mass is 35.5. The van der Waals surface area contributed by atoms with Gasteiger partial charge in [-0.3, -0.25) is 4.79 Å². The van der Waals surface area contributed by atoms with Gasteiger partial charge in [-0.2, -0.15) is 5.10 Å². The molecule has 0 aliphatic heterocycles. The van der Waals surface area contributed by atoms with Gasteiger partial charge in [0.15, 0.2) is 0 Å². The Labute approximate surface area is 158 Å². The first kappa shape index (κ1) is 17.6. The molecule has 1 heterocycles. The second-order valence-electron chi connectivity index (χ2n) is 5.18. The van der Waals surface area contributed by atoms with E-state index in [1.165, 1.54) is 6.07 Å². The molecule has 8 heteroatoms. The zero-order valence-corrected chi connectivity index (χ0v) is 15.0. The quantitative estimate of drug-likeness (QED) is 0.639. The number of phenols is 1. The lowest BCUT2D eigenvalue weighted by molar-refractivity contribution is 0.0948. The normalized spacial score (nSPS) is 10.7. The maximum Gasteiger partial charge on any atom is 0.256 e. The minimum Gasteiger partial charge on any atom is -0.505 e. The molecular weight excluding hydrogens is 385 g/mol. The minimum absolute atomic E-state index is 0.0388. The van der Waals surface area contributed by atoms with Gasteiger partial charge in [0.05, 0.1) is 20.8 Å². The number of nitrogens with one attached hydrogen (secondary N) is 1. The van der Waals surface area contributed by atoms with Crippen molar-refractivity contribution in [1.82, 2.24) is 15.1 Å². The molecule has 2 N–H and O–H groups in total. The Morgan fingerprint density at radius 2 is 1.88 bits per heavy atom. The van der Waals surface area contributed by atoms with Crippen molar-refractivity contribution in [2.45, 2.75) is 6.54 Å². The highest BCUT2D eigenvalue weighted by Crippen LogP contribution is 2.38. The van der Waals surface area contributed by atoms with Crippen LogP contribution in [0.2, 0.25) is 15.1 Å². The van der Waals surface area contributed by atoms with Crippen LogP contribution in [0.4, 0.5) is 0 Å². The topological polar surface area (TPSA) is 67.2 Å². The van der Waals surface area contributed by atoms with E-state index < -0.39 is 11.7 Å². The fourth-order valence-electron chi connectivity index (χ4n) is 2.25. The molecule has 0 bridgehead atoms. The number of hydrogen-bond acceptors (Lipinski definition) is 3. The van der Waals surface area contributed by atoms with Crippen LogP contribution in [0.5, 0.6) is 5.75 Å². The molecule has 25 heavy (non-hydrogen) atoms. The third-order valence-electron chi connectivity index (χ3n) is 3.53. The summed E-state index contributed by atoms with van der Waals surface area (Å²) in [6.07, 6.45) is 3.53. The molecule has 0 saturated carbocycles. The number of carbonyl (C=O) groups is 1. The molecule has 1 aromatic heterocycles. The van der Waals surface area contributed by atoms with Gasteiger partial charge in [-0.25, -0.2) is 4.68 Å². The molecule has 3 aromatic rings. The van der Waals surface area contributed by atoms with E-state index in [4.69, 9.17) is 34.8 Å². The fraction of sp³-hybridized carbons (Fsp3) is 0.0588. The van der Waals surface area contributed by atoms with Crippen molar-refractivity contribution in [3.63, 3.8) is 0 Å². The molecular formula is C17H12Cl3N3O2. The van der Waals surface area contributed by atoms with Crippen molar-refractivity contribution in [2.24, 2.45) is 0 Å². The number of hydrogen-bond donors (Lipinski definition) is 2. The Kier molecular flexibility index (Phi) is 5.18. The third kappa shape index (κ3) is 3.74. The maximum atomic E-state index is 12.3. The first-order valence-electron chi connectivity index (χ1n) is 7.21. The van der Waals surface area contributed by atoms with Crippen LogP contribution in [0.1, 0.15) is 15.9 Å². The number of amides is 1. The Balaban J connectivity index is 1.73. The van der Waals surface area contributed by atoms with Gasteiger partial charge in [-0.05, 0) is 29.8 Å². The predicted octanol–water partition coefficient (Wildman–Crippen LogP) is 4.47. The molecule has 3 rings (SSSR count). The van der Waals surface area contributed by atoms with E-state index in [9.17, 15) is 9.90 Å². The van der Waals surface area contributed by atoms with E-state index in [0.717, 1.165) is 11.3 Å². The molecule has 128 valence electrons. The van der Waals surface area contributed by atoms with Crippen LogP contribution in [0.3, 0.4) is 0 Å². The Hall–Kier alpha value is -2.21. The van der Waals surface area contributed by atoms with Crippen molar-refractivity contribution in [2.75, 3.05) is 0 Å². The van der Waals surface area contributed by atoms with Gasteiger partial charge in [-0.1, -0.05) is 46.9 Å². The van der Waals surface area contributed by atoms with Crippen molar-refractivity contribution in [3.8, 4) is 11.4 Å². The van der Waals surface area contributed by atoms with E-state index in [0.29, 0.717) is 0 Å². The second kappa shape index (κ2) is 7.35. The van der Waals surface area contributed by atoms with Crippen LogP contribution in [0.15, 0.2) is 48.8 Å². The SMILES string of the molecule is O=C(NCc1ccc(-n2cccn2)cc1)c1c(O)c(Cl)cc(Cl)c1Cl. The number of benzene rings is 2. The lowest BCUT2D eigenvalue weighted by Gasteiger charge is -2.11. The van der Waals surface area contributed by atoms with Gasteiger partial charge in [0.25, 0.3) is 5.91 Å². The first-order chi connectivity index (χ1) is 12.0. The monoisotopic (exact) mass is 395 g/mol. The van der Waals surface area contributed by atoms with Crippen LogP contribution in [0.25, 0.3) is 5.69 Å². The highest BCUT2D eigenvalue weighted by molar-refractivity contribution is 6.45. The molecule has 0 spiro atoms. The number of aromatic hydroxyl groups is 1. The summed E-state index contributed by atoms with van der Waals surface area (Å²) in [5.74, 6) is -0.967. The zero-order valence-electron chi connectivity index (χ0n) is 12.7. The summed E-state index contributed by atoms with van der Waals surface area (Å²) in [7, 11) is 0. The van der Waals surface area contributed by atoms with Gasteiger partial charge in [-0.15, -0.1) is 0 Å². The van der Waals surface area contributed by atoms with Crippen molar-refractivity contribution < 1.29 is 9.90 Å². The van der Waals surface area contributed by atoms with E-state index in [1.807, 2.05) is 36.5 Å². The summed E-state index contributed by atoms with van der Waals surface area (Å²) < 4.78 is 1.73. The standard InChI is InChI=1S/C17H12Cl3N3O2/c18-12-8-13(19)16(24)14(15(12)20)17(25)21-9-10-2-4-11(5-3-10)23-7-1-6-22-23/h1-8,24H,9H2,(H,21,25). The molecule has 0 saturated heterocycles. The third-order valence-corrected chi connectivity index (χ3v) is 4.61. The number of aromatic nitrogens is 2. The van der Waals surface area contributed by atoms with Crippen LogP contribution in [0, 0.1) is 0 Å². The van der Waals surface area contributed by atoms with Crippen LogP contribution >= 0.6 is 34.8 Å². The van der Waals surface area contributed by atoms with Crippen molar-refractivity contribution in [1.29, 1.82) is 0 Å². The first-order valence-corrected chi connectivity index (χ1v) is 8.34. The average Bonchev–Trinajstić information content (AvgIpc) is 3.13. The van der Waals surface area contributed by atoms with Gasteiger partial charge >= 0.3 is 0 Å². The summed E-state index contributed by atoms with van der Waals surface area (Å²) in [5.41, 5.74) is 1.63. The number of rotatable bonds is 4. The summed E-state index contributed by atoms with van der Waals surface area (Å²) in [6.45, 7) is 0.248. The molecule has 0 fully saturated rings. The largest absolute Gasteiger partial charge is 0.505 e. The minimum atomic E-state index is -0.567. The molecule has 5 nitrogen and oxygen atoms in total. The Morgan fingerprint density at radius 3 is 2.52 bits per heavy atom. The molecule has 1 amide bonds. The molecule has 0 radical (unpaired) electrons. The van der Waals surface area contributed by atoms with Crippen LogP contribution in [-0.4, -0.2) is 20.8 Å². The van der Waals surface area contributed by atoms with Crippen molar-refractivity contribution in [3.05, 3.63) is 75.0 Å². The fourth-order valence-corrected chi connectivity index (χ4v) is 2.94. The summed E-state index contributed by atoms with van der Waals surface area (Å²) in [5, 5.41) is 16.8. The number of carbonyl (C=O) groups excluding carboxylic acids is 1. The van der Waals surface area contributed by atoms with Gasteiger partial charge < -0.3 is 10.4 Å². The van der Waals surface area contributed by atoms with Gasteiger partial charge in [0.2, 0.25) is 0 Å². The lowest BCUT2D eigenvalue weighted by atomic mass is 10.1. The summed E-state index contributed by atoms with van der Waals surface area (Å²) in [4.78, 5) is 12.3. The molecule has 0 atom stereocenters. The highest BCUT2D eigenvalue weighted by Gasteiger charge is 2.21. The van der Waals surface area contributed by atoms with Gasteiger partial charge in [0.1, 0.15) is 11.3 Å². The van der Waals surface area contributed by atoms with E-state index in [-0.39, 0.29) is 27.2 Å². The van der Waals surface area contributed by atoms with Crippen molar-refractivity contribution >= 4 is 40.7 Å². The molecule has 2 aromatic carbocycles. The lowest BCUT2D eigenvalue weighted by Crippen LogP contribution is -2.23. The second-order valence-corrected chi connectivity index (χ2v) is 6.37. The Bertz CT molecular complexity index is 884. The summed E-state index contributed by atoms with van der Waals surface area (Å²) in [6, 6.07) is 10.6.